The number of nitrogens with zero attached hydrogens (tertiary/aromatic N) is 2. The second-order valence-corrected chi connectivity index (χ2v) is 9.53. The molecule has 0 unspecified atom stereocenters. The maximum absolute atomic E-state index is 12.5. The molecule has 0 saturated heterocycles. The van der Waals surface area contributed by atoms with Crippen LogP contribution < -0.4 is 5.32 Å². The average Bonchev–Trinajstić information content (AvgIpc) is 3.27. The van der Waals surface area contributed by atoms with E-state index in [0.717, 1.165) is 14.9 Å². The van der Waals surface area contributed by atoms with Crippen molar-refractivity contribution in [3.63, 3.8) is 0 Å². The first-order valence-corrected chi connectivity index (χ1v) is 10.9. The zero-order valence-corrected chi connectivity index (χ0v) is 16.8. The summed E-state index contributed by atoms with van der Waals surface area (Å²) in [6, 6.07) is 6.76. The van der Waals surface area contributed by atoms with Gasteiger partial charge in [-0.15, -0.1) is 11.3 Å². The van der Waals surface area contributed by atoms with E-state index in [1.165, 1.54) is 31.5 Å². The second-order valence-electron chi connectivity index (χ2n) is 5.77. The number of anilines is 1. The van der Waals surface area contributed by atoms with Crippen LogP contribution >= 0.6 is 22.7 Å². The van der Waals surface area contributed by atoms with Gasteiger partial charge in [0.2, 0.25) is 10.0 Å². The Bertz CT molecular complexity index is 1040. The molecule has 1 N–H and O–H groups in total. The Morgan fingerprint density at radius 3 is 2.62 bits per heavy atom. The summed E-state index contributed by atoms with van der Waals surface area (Å²) in [6.07, 6.45) is 0. The van der Waals surface area contributed by atoms with Crippen LogP contribution in [0, 0.1) is 6.92 Å². The molecule has 136 valence electrons. The van der Waals surface area contributed by atoms with E-state index in [-0.39, 0.29) is 10.8 Å². The van der Waals surface area contributed by atoms with E-state index >= 15 is 0 Å². The van der Waals surface area contributed by atoms with Crippen LogP contribution in [-0.4, -0.2) is 37.7 Å². The van der Waals surface area contributed by atoms with Crippen molar-refractivity contribution >= 4 is 44.3 Å². The first-order valence-electron chi connectivity index (χ1n) is 7.61. The van der Waals surface area contributed by atoms with Gasteiger partial charge in [-0.05, 0) is 36.1 Å². The van der Waals surface area contributed by atoms with Crippen molar-refractivity contribution in [1.82, 2.24) is 9.29 Å². The Labute approximate surface area is 160 Å². The lowest BCUT2D eigenvalue weighted by Crippen LogP contribution is -2.23. The topological polar surface area (TPSA) is 79.4 Å². The summed E-state index contributed by atoms with van der Waals surface area (Å²) < 4.78 is 25.9. The third-order valence-corrected chi connectivity index (χ3v) is 7.24. The first kappa shape index (κ1) is 18.7. The highest BCUT2D eigenvalue weighted by Crippen LogP contribution is 2.27. The van der Waals surface area contributed by atoms with E-state index in [1.54, 1.807) is 35.8 Å². The highest BCUT2D eigenvalue weighted by Gasteiger charge is 2.21. The summed E-state index contributed by atoms with van der Waals surface area (Å²) in [5.41, 5.74) is 2.30. The first-order chi connectivity index (χ1) is 12.3. The molecule has 9 heteroatoms. The molecule has 0 bridgehead atoms. The van der Waals surface area contributed by atoms with Crippen molar-refractivity contribution < 1.29 is 13.2 Å². The predicted octanol–water partition coefficient (Wildman–Crippen LogP) is 3.68. The Morgan fingerprint density at radius 1 is 1.19 bits per heavy atom. The number of sulfonamides is 1. The van der Waals surface area contributed by atoms with E-state index < -0.39 is 10.0 Å². The van der Waals surface area contributed by atoms with Gasteiger partial charge in [-0.2, -0.15) is 11.3 Å². The molecule has 0 aliphatic rings. The molecule has 26 heavy (non-hydrogen) atoms. The second kappa shape index (κ2) is 7.28. The van der Waals surface area contributed by atoms with Crippen LogP contribution in [0.1, 0.15) is 16.1 Å². The minimum absolute atomic E-state index is 0.164. The molecule has 3 aromatic rings. The van der Waals surface area contributed by atoms with Crippen molar-refractivity contribution in [2.45, 2.75) is 11.8 Å². The van der Waals surface area contributed by atoms with Crippen molar-refractivity contribution in [2.75, 3.05) is 19.4 Å². The predicted molar refractivity (Wildman–Crippen MR) is 105 cm³/mol. The van der Waals surface area contributed by atoms with Crippen LogP contribution in [0.2, 0.25) is 0 Å². The van der Waals surface area contributed by atoms with Crippen LogP contribution in [0.25, 0.3) is 10.6 Å². The van der Waals surface area contributed by atoms with Gasteiger partial charge in [-0.25, -0.2) is 17.7 Å². The Balaban J connectivity index is 1.84. The van der Waals surface area contributed by atoms with Gasteiger partial charge >= 0.3 is 0 Å². The van der Waals surface area contributed by atoms with Crippen molar-refractivity contribution in [3.05, 3.63) is 51.7 Å². The summed E-state index contributed by atoms with van der Waals surface area (Å²) in [4.78, 5) is 17.0. The molecule has 0 atom stereocenters. The molecular formula is C17H17N3O3S3. The molecule has 0 radical (unpaired) electrons. The highest BCUT2D eigenvalue weighted by atomic mass is 32.2. The SMILES string of the molecule is Cc1ccc(NC(=O)c2csc(-c3ccsc3)n2)cc1S(=O)(=O)N(C)C. The minimum atomic E-state index is -3.59. The number of carbonyl (C=O) groups excluding carboxylic acids is 1. The zero-order valence-electron chi connectivity index (χ0n) is 14.4. The quantitative estimate of drug-likeness (QED) is 0.700. The summed E-state index contributed by atoms with van der Waals surface area (Å²) in [7, 11) is -0.639. The number of amides is 1. The molecule has 0 aliphatic heterocycles. The van der Waals surface area contributed by atoms with Crippen LogP contribution in [-0.2, 0) is 10.0 Å². The number of hydrogen-bond acceptors (Lipinski definition) is 6. The average molecular weight is 408 g/mol. The number of hydrogen-bond donors (Lipinski definition) is 1. The van der Waals surface area contributed by atoms with Crippen LogP contribution in [0.15, 0.2) is 45.3 Å². The van der Waals surface area contributed by atoms with Gasteiger partial charge in [0.05, 0.1) is 4.90 Å². The highest BCUT2D eigenvalue weighted by molar-refractivity contribution is 7.89. The van der Waals surface area contributed by atoms with Crippen molar-refractivity contribution in [1.29, 1.82) is 0 Å². The lowest BCUT2D eigenvalue weighted by atomic mass is 10.2. The van der Waals surface area contributed by atoms with Gasteiger partial charge in [0.25, 0.3) is 5.91 Å². The summed E-state index contributed by atoms with van der Waals surface area (Å²) in [5.74, 6) is -0.375. The van der Waals surface area contributed by atoms with Crippen molar-refractivity contribution in [3.8, 4) is 10.6 Å². The van der Waals surface area contributed by atoms with E-state index in [9.17, 15) is 13.2 Å². The molecule has 0 fully saturated rings. The van der Waals surface area contributed by atoms with Crippen LogP contribution in [0.3, 0.4) is 0 Å². The van der Waals surface area contributed by atoms with Gasteiger partial charge in [0.15, 0.2) is 0 Å². The maximum Gasteiger partial charge on any atom is 0.275 e. The van der Waals surface area contributed by atoms with Gasteiger partial charge < -0.3 is 5.32 Å². The summed E-state index contributed by atoms with van der Waals surface area (Å²) in [5, 5.41) is 9.11. The minimum Gasteiger partial charge on any atom is -0.321 e. The fourth-order valence-corrected chi connectivity index (χ4v) is 4.90. The number of carbonyl (C=O) groups is 1. The molecule has 0 aliphatic carbocycles. The molecule has 0 saturated carbocycles. The third-order valence-electron chi connectivity index (χ3n) is 3.71. The number of thiophene rings is 1. The standard InChI is InChI=1S/C17H17N3O3S3/c1-11-4-5-13(8-15(11)26(22,23)20(2)3)18-16(21)14-10-25-17(19-14)12-6-7-24-9-12/h4-10H,1-3H3,(H,18,21). The Kier molecular flexibility index (Phi) is 5.24. The zero-order chi connectivity index (χ0) is 18.9. The third kappa shape index (κ3) is 3.70. The number of benzene rings is 1. The fourth-order valence-electron chi connectivity index (χ4n) is 2.24. The number of rotatable bonds is 5. The molecule has 1 amide bonds. The summed E-state index contributed by atoms with van der Waals surface area (Å²) in [6.45, 7) is 1.72. The molecule has 6 nitrogen and oxygen atoms in total. The van der Waals surface area contributed by atoms with Gasteiger partial charge in [-0.1, -0.05) is 6.07 Å². The van der Waals surface area contributed by atoms with E-state index in [2.05, 4.69) is 10.3 Å². The fraction of sp³-hybridized carbons (Fsp3) is 0.176. The Hall–Kier alpha value is -2.07. The lowest BCUT2D eigenvalue weighted by molar-refractivity contribution is 0.102. The largest absolute Gasteiger partial charge is 0.321 e. The van der Waals surface area contributed by atoms with Gasteiger partial charge in [0.1, 0.15) is 10.7 Å². The summed E-state index contributed by atoms with van der Waals surface area (Å²) >= 11 is 2.96. The van der Waals surface area contributed by atoms with E-state index in [4.69, 9.17) is 0 Å². The lowest BCUT2D eigenvalue weighted by Gasteiger charge is -2.15. The Morgan fingerprint density at radius 2 is 1.96 bits per heavy atom. The number of aromatic nitrogens is 1. The van der Waals surface area contributed by atoms with Crippen LogP contribution in [0.4, 0.5) is 5.69 Å². The maximum atomic E-state index is 12.5. The van der Waals surface area contributed by atoms with E-state index in [1.807, 2.05) is 16.8 Å². The molecule has 1 aromatic carbocycles. The van der Waals surface area contributed by atoms with Crippen LogP contribution in [0.5, 0.6) is 0 Å². The monoisotopic (exact) mass is 407 g/mol. The normalized spacial score (nSPS) is 11.7. The van der Waals surface area contributed by atoms with E-state index in [0.29, 0.717) is 16.9 Å². The molecule has 2 aromatic heterocycles. The van der Waals surface area contributed by atoms with Crippen molar-refractivity contribution in [2.24, 2.45) is 0 Å². The molecular weight excluding hydrogens is 390 g/mol. The molecule has 2 heterocycles. The number of aryl methyl sites for hydroxylation is 1. The molecule has 3 rings (SSSR count). The molecule has 0 spiro atoms. The van der Waals surface area contributed by atoms with Gasteiger partial charge in [-0.3, -0.25) is 4.79 Å². The van der Waals surface area contributed by atoms with Gasteiger partial charge in [0, 0.05) is 36.1 Å². The number of nitrogens with one attached hydrogen (secondary N) is 1. The number of thiazole rings is 1. The smallest absolute Gasteiger partial charge is 0.275 e.